The van der Waals surface area contributed by atoms with Gasteiger partial charge in [0.25, 0.3) is 0 Å². The molecule has 1 saturated heterocycles. The van der Waals surface area contributed by atoms with Crippen LogP contribution in [0.25, 0.3) is 0 Å². The minimum absolute atomic E-state index is 0.178. The highest BCUT2D eigenvalue weighted by Crippen LogP contribution is 2.34. The lowest BCUT2D eigenvalue weighted by atomic mass is 10.0. The van der Waals surface area contributed by atoms with Gasteiger partial charge in [-0.15, -0.1) is 0 Å². The van der Waals surface area contributed by atoms with Crippen LogP contribution in [0.2, 0.25) is 0 Å². The van der Waals surface area contributed by atoms with Gasteiger partial charge in [-0.2, -0.15) is 0 Å². The van der Waals surface area contributed by atoms with E-state index < -0.39 is 18.0 Å². The van der Waals surface area contributed by atoms with Crippen molar-refractivity contribution in [3.63, 3.8) is 0 Å². The van der Waals surface area contributed by atoms with Crippen molar-refractivity contribution in [2.75, 3.05) is 19.8 Å². The Morgan fingerprint density at radius 1 is 1.20 bits per heavy atom. The fourth-order valence-corrected chi connectivity index (χ4v) is 2.94. The van der Waals surface area contributed by atoms with Crippen LogP contribution < -0.4 is 5.32 Å². The number of ether oxygens (including phenoxy) is 3. The third-order valence-electron chi connectivity index (χ3n) is 4.59. The van der Waals surface area contributed by atoms with Gasteiger partial charge in [-0.25, -0.2) is 4.79 Å². The first-order chi connectivity index (χ1) is 12.0. The Hall–Kier alpha value is -0.850. The average Bonchev–Trinajstić information content (AvgIpc) is 3.02. The maximum Gasteiger partial charge on any atom is 0.407 e. The summed E-state index contributed by atoms with van der Waals surface area (Å²) in [5, 5.41) is 12.0. The summed E-state index contributed by atoms with van der Waals surface area (Å²) >= 11 is 0. The van der Waals surface area contributed by atoms with E-state index in [-0.39, 0.29) is 19.3 Å². The quantitative estimate of drug-likeness (QED) is 0.490. The first kappa shape index (κ1) is 22.2. The number of rotatable bonds is 13. The van der Waals surface area contributed by atoms with Gasteiger partial charge in [0.05, 0.1) is 12.7 Å². The Bertz CT molecular complexity index is 354. The molecule has 6 heteroatoms. The molecule has 6 nitrogen and oxygen atoms in total. The van der Waals surface area contributed by atoms with E-state index in [1.54, 1.807) is 0 Å². The number of hydrogen-bond donors (Lipinski definition) is 2. The SMILES string of the molecule is CCCCCC1(CCCCC)OCC(COC(=O)NCC(O)CC)O1. The van der Waals surface area contributed by atoms with Crippen LogP contribution >= 0.6 is 0 Å². The van der Waals surface area contributed by atoms with Gasteiger partial charge in [0, 0.05) is 19.4 Å². The second kappa shape index (κ2) is 12.5. The second-order valence-electron chi connectivity index (χ2n) is 6.92. The summed E-state index contributed by atoms with van der Waals surface area (Å²) in [5.74, 6) is -0.507. The van der Waals surface area contributed by atoms with Gasteiger partial charge in [-0.05, 0) is 19.3 Å². The number of carbonyl (C=O) groups excluding carboxylic acids is 1. The first-order valence-electron chi connectivity index (χ1n) is 9.95. The lowest BCUT2D eigenvalue weighted by Gasteiger charge is -2.28. The number of nitrogens with one attached hydrogen (secondary N) is 1. The number of aliphatic hydroxyl groups is 1. The van der Waals surface area contributed by atoms with Crippen LogP contribution in [0, 0.1) is 0 Å². The molecule has 0 bridgehead atoms. The van der Waals surface area contributed by atoms with Crippen molar-refractivity contribution in [1.29, 1.82) is 0 Å². The molecule has 1 rings (SSSR count). The van der Waals surface area contributed by atoms with E-state index in [1.807, 2.05) is 6.92 Å². The fraction of sp³-hybridized carbons (Fsp3) is 0.947. The van der Waals surface area contributed by atoms with Crippen molar-refractivity contribution in [2.24, 2.45) is 0 Å². The maximum atomic E-state index is 11.7. The van der Waals surface area contributed by atoms with Gasteiger partial charge in [0.1, 0.15) is 12.7 Å². The summed E-state index contributed by atoms with van der Waals surface area (Å²) in [6.07, 6.45) is 7.97. The molecular formula is C19H37NO5. The van der Waals surface area contributed by atoms with Crippen molar-refractivity contribution < 1.29 is 24.1 Å². The monoisotopic (exact) mass is 359 g/mol. The van der Waals surface area contributed by atoms with Crippen molar-refractivity contribution in [3.05, 3.63) is 0 Å². The van der Waals surface area contributed by atoms with Crippen molar-refractivity contribution >= 4 is 6.09 Å². The van der Waals surface area contributed by atoms with E-state index in [1.165, 1.54) is 25.7 Å². The van der Waals surface area contributed by atoms with Crippen LogP contribution in [-0.2, 0) is 14.2 Å². The zero-order chi connectivity index (χ0) is 18.5. The molecule has 1 aliphatic heterocycles. The summed E-state index contributed by atoms with van der Waals surface area (Å²) in [6.45, 7) is 7.07. The molecule has 1 amide bonds. The van der Waals surface area contributed by atoms with E-state index >= 15 is 0 Å². The molecule has 0 aromatic rings. The van der Waals surface area contributed by atoms with Gasteiger partial charge in [0.2, 0.25) is 0 Å². The van der Waals surface area contributed by atoms with Gasteiger partial charge in [-0.3, -0.25) is 0 Å². The zero-order valence-electron chi connectivity index (χ0n) is 16.2. The van der Waals surface area contributed by atoms with Crippen LogP contribution in [0.4, 0.5) is 4.79 Å². The summed E-state index contributed by atoms with van der Waals surface area (Å²) < 4.78 is 17.4. The maximum absolute atomic E-state index is 11.7. The lowest BCUT2D eigenvalue weighted by Crippen LogP contribution is -2.35. The smallest absolute Gasteiger partial charge is 0.407 e. The van der Waals surface area contributed by atoms with E-state index in [0.29, 0.717) is 13.0 Å². The number of hydrogen-bond acceptors (Lipinski definition) is 5. The van der Waals surface area contributed by atoms with E-state index in [9.17, 15) is 9.90 Å². The van der Waals surface area contributed by atoms with E-state index in [2.05, 4.69) is 19.2 Å². The molecular weight excluding hydrogens is 322 g/mol. The number of amides is 1. The minimum Gasteiger partial charge on any atom is -0.447 e. The summed E-state index contributed by atoms with van der Waals surface area (Å²) in [5.41, 5.74) is 0. The van der Waals surface area contributed by atoms with E-state index in [0.717, 1.165) is 25.7 Å². The molecule has 0 aromatic carbocycles. The number of aliphatic hydroxyl groups excluding tert-OH is 1. The van der Waals surface area contributed by atoms with Gasteiger partial charge in [0.15, 0.2) is 5.79 Å². The van der Waals surface area contributed by atoms with Crippen LogP contribution in [0.1, 0.15) is 78.6 Å². The highest BCUT2D eigenvalue weighted by molar-refractivity contribution is 5.67. The number of alkyl carbamates (subject to hydrolysis) is 1. The molecule has 2 atom stereocenters. The van der Waals surface area contributed by atoms with Crippen molar-refractivity contribution in [2.45, 2.75) is 96.6 Å². The number of unbranched alkanes of at least 4 members (excludes halogenated alkanes) is 4. The summed E-state index contributed by atoms with van der Waals surface area (Å²) in [7, 11) is 0. The standard InChI is InChI=1S/C19H37NO5/c1-4-7-9-11-19(12-10-8-5-2)24-15-17(25-19)14-23-18(22)20-13-16(21)6-3/h16-17,21H,4-15H2,1-3H3,(H,20,22). The second-order valence-corrected chi connectivity index (χ2v) is 6.92. The van der Waals surface area contributed by atoms with Gasteiger partial charge in [-0.1, -0.05) is 46.5 Å². The molecule has 148 valence electrons. The van der Waals surface area contributed by atoms with Gasteiger partial charge >= 0.3 is 6.09 Å². The Balaban J connectivity index is 2.37. The van der Waals surface area contributed by atoms with Crippen LogP contribution in [0.15, 0.2) is 0 Å². The average molecular weight is 360 g/mol. The summed E-state index contributed by atoms with van der Waals surface area (Å²) in [4.78, 5) is 11.7. The molecule has 2 unspecified atom stereocenters. The Labute approximate surface area is 152 Å². The predicted octanol–water partition coefficient (Wildman–Crippen LogP) is 3.76. The minimum atomic E-state index is -0.539. The molecule has 0 aromatic heterocycles. The largest absolute Gasteiger partial charge is 0.447 e. The van der Waals surface area contributed by atoms with Gasteiger partial charge < -0.3 is 24.6 Å². The lowest BCUT2D eigenvalue weighted by molar-refractivity contribution is -0.182. The van der Waals surface area contributed by atoms with E-state index in [4.69, 9.17) is 14.2 Å². The normalized spacial score (nSPS) is 20.4. The predicted molar refractivity (Wildman–Crippen MR) is 97.5 cm³/mol. The van der Waals surface area contributed by atoms with Crippen LogP contribution in [0.5, 0.6) is 0 Å². The Kier molecular flexibility index (Phi) is 11.1. The molecule has 0 radical (unpaired) electrons. The molecule has 1 heterocycles. The zero-order valence-corrected chi connectivity index (χ0v) is 16.2. The molecule has 25 heavy (non-hydrogen) atoms. The van der Waals surface area contributed by atoms with Crippen molar-refractivity contribution in [1.82, 2.24) is 5.32 Å². The fourth-order valence-electron chi connectivity index (χ4n) is 2.94. The first-order valence-corrected chi connectivity index (χ1v) is 9.95. The molecule has 1 aliphatic rings. The highest BCUT2D eigenvalue weighted by Gasteiger charge is 2.40. The molecule has 1 fully saturated rings. The van der Waals surface area contributed by atoms with Crippen LogP contribution in [-0.4, -0.2) is 49.0 Å². The molecule has 2 N–H and O–H groups in total. The van der Waals surface area contributed by atoms with Crippen molar-refractivity contribution in [3.8, 4) is 0 Å². The van der Waals surface area contributed by atoms with Crippen LogP contribution in [0.3, 0.4) is 0 Å². The molecule has 0 saturated carbocycles. The molecule has 0 spiro atoms. The summed E-state index contributed by atoms with van der Waals surface area (Å²) in [6, 6.07) is 0. The Morgan fingerprint density at radius 2 is 1.84 bits per heavy atom. The number of carbonyl (C=O) groups is 1. The topological polar surface area (TPSA) is 77.0 Å². The third-order valence-corrected chi connectivity index (χ3v) is 4.59. The Morgan fingerprint density at radius 3 is 2.40 bits per heavy atom. The highest BCUT2D eigenvalue weighted by atomic mass is 16.8. The molecule has 0 aliphatic carbocycles. The third kappa shape index (κ3) is 8.88.